The van der Waals surface area contributed by atoms with E-state index in [1.165, 1.54) is 19.3 Å². The summed E-state index contributed by atoms with van der Waals surface area (Å²) in [6.45, 7) is 5.00. The topological polar surface area (TPSA) is 23.5 Å². The van der Waals surface area contributed by atoms with Crippen molar-refractivity contribution < 1.29 is 5.11 Å². The SMILES string of the molecule is CC1(O)CCN(CC2(CS)CCC2)C1. The van der Waals surface area contributed by atoms with Gasteiger partial charge in [-0.25, -0.2) is 0 Å². The van der Waals surface area contributed by atoms with Crippen LogP contribution in [0.2, 0.25) is 0 Å². The summed E-state index contributed by atoms with van der Waals surface area (Å²) in [5, 5.41) is 9.86. The maximum absolute atomic E-state index is 9.86. The molecule has 1 N–H and O–H groups in total. The van der Waals surface area contributed by atoms with E-state index in [2.05, 4.69) is 17.5 Å². The summed E-state index contributed by atoms with van der Waals surface area (Å²) >= 11 is 4.46. The lowest BCUT2D eigenvalue weighted by Gasteiger charge is -2.43. The van der Waals surface area contributed by atoms with E-state index in [4.69, 9.17) is 0 Å². The van der Waals surface area contributed by atoms with Crippen molar-refractivity contribution >= 4 is 12.6 Å². The average molecular weight is 215 g/mol. The van der Waals surface area contributed by atoms with Crippen molar-refractivity contribution in [2.75, 3.05) is 25.4 Å². The number of β-amino-alcohol motifs (C(OH)–C–C–N with tert-alkyl or cyclic N) is 1. The van der Waals surface area contributed by atoms with Gasteiger partial charge in [-0.3, -0.25) is 4.90 Å². The van der Waals surface area contributed by atoms with E-state index >= 15 is 0 Å². The van der Waals surface area contributed by atoms with Gasteiger partial charge < -0.3 is 5.11 Å². The van der Waals surface area contributed by atoms with Gasteiger partial charge in [-0.15, -0.1) is 0 Å². The van der Waals surface area contributed by atoms with Crippen LogP contribution in [0.4, 0.5) is 0 Å². The molecule has 82 valence electrons. The highest BCUT2D eigenvalue weighted by atomic mass is 32.1. The molecular formula is C11H21NOS. The summed E-state index contributed by atoms with van der Waals surface area (Å²) in [5.74, 6) is 1.01. The van der Waals surface area contributed by atoms with Gasteiger partial charge in [0.15, 0.2) is 0 Å². The molecule has 0 bridgehead atoms. The zero-order valence-electron chi connectivity index (χ0n) is 9.00. The first-order valence-corrected chi connectivity index (χ1v) is 6.24. The summed E-state index contributed by atoms with van der Waals surface area (Å²) in [7, 11) is 0. The average Bonchev–Trinajstić information content (AvgIpc) is 2.38. The lowest BCUT2D eigenvalue weighted by Crippen LogP contribution is -2.44. The second kappa shape index (κ2) is 3.69. The molecule has 1 atom stereocenters. The van der Waals surface area contributed by atoms with Crippen LogP contribution in [0.25, 0.3) is 0 Å². The molecule has 0 amide bonds. The third-order valence-corrected chi connectivity index (χ3v) is 4.51. The molecule has 0 aromatic heterocycles. The van der Waals surface area contributed by atoms with Crippen LogP contribution in [0.1, 0.15) is 32.6 Å². The fourth-order valence-corrected chi connectivity index (χ4v) is 3.11. The third kappa shape index (κ3) is 2.10. The van der Waals surface area contributed by atoms with Crippen LogP contribution in [0.3, 0.4) is 0 Å². The lowest BCUT2D eigenvalue weighted by atomic mass is 9.70. The van der Waals surface area contributed by atoms with Crippen molar-refractivity contribution in [2.24, 2.45) is 5.41 Å². The minimum absolute atomic E-state index is 0.443. The summed E-state index contributed by atoms with van der Waals surface area (Å²) in [4.78, 5) is 2.41. The molecule has 1 saturated carbocycles. The van der Waals surface area contributed by atoms with Crippen molar-refractivity contribution in [3.63, 3.8) is 0 Å². The van der Waals surface area contributed by atoms with E-state index in [9.17, 15) is 5.11 Å². The van der Waals surface area contributed by atoms with Crippen molar-refractivity contribution in [3.8, 4) is 0 Å². The van der Waals surface area contributed by atoms with Crippen LogP contribution < -0.4 is 0 Å². The quantitative estimate of drug-likeness (QED) is 0.698. The Balaban J connectivity index is 1.86. The number of aliphatic hydroxyl groups is 1. The van der Waals surface area contributed by atoms with E-state index in [1.807, 2.05) is 6.92 Å². The predicted octanol–water partition coefficient (Wildman–Crippen LogP) is 1.54. The summed E-state index contributed by atoms with van der Waals surface area (Å²) < 4.78 is 0. The van der Waals surface area contributed by atoms with Gasteiger partial charge in [-0.05, 0) is 37.4 Å². The number of hydrogen-bond donors (Lipinski definition) is 2. The smallest absolute Gasteiger partial charge is 0.0758 e. The number of hydrogen-bond acceptors (Lipinski definition) is 3. The van der Waals surface area contributed by atoms with Gasteiger partial charge in [0.25, 0.3) is 0 Å². The highest BCUT2D eigenvalue weighted by molar-refractivity contribution is 7.80. The molecule has 0 radical (unpaired) electrons. The van der Waals surface area contributed by atoms with Crippen molar-refractivity contribution in [3.05, 3.63) is 0 Å². The Bertz CT molecular complexity index is 208. The fourth-order valence-electron chi connectivity index (χ4n) is 2.69. The van der Waals surface area contributed by atoms with Crippen LogP contribution >= 0.6 is 12.6 Å². The van der Waals surface area contributed by atoms with E-state index in [-0.39, 0.29) is 0 Å². The predicted molar refractivity (Wildman–Crippen MR) is 61.8 cm³/mol. The molecule has 2 aliphatic rings. The van der Waals surface area contributed by atoms with Crippen molar-refractivity contribution in [2.45, 2.75) is 38.2 Å². The second-order valence-electron chi connectivity index (χ2n) is 5.47. The molecule has 1 heterocycles. The van der Waals surface area contributed by atoms with Crippen LogP contribution in [0, 0.1) is 5.41 Å². The summed E-state index contributed by atoms with van der Waals surface area (Å²) in [6.07, 6.45) is 4.95. The normalized spacial score (nSPS) is 37.1. The van der Waals surface area contributed by atoms with Gasteiger partial charge in [0, 0.05) is 19.6 Å². The minimum atomic E-state index is -0.443. The van der Waals surface area contributed by atoms with Gasteiger partial charge in [-0.1, -0.05) is 6.42 Å². The standard InChI is InChI=1S/C11H21NOS/c1-10(13)5-6-12(7-10)8-11(9-14)3-2-4-11/h13-14H,2-9H2,1H3. The first-order chi connectivity index (χ1) is 6.55. The molecule has 0 aromatic carbocycles. The largest absolute Gasteiger partial charge is 0.389 e. The van der Waals surface area contributed by atoms with Gasteiger partial charge in [0.1, 0.15) is 0 Å². The molecule has 2 fully saturated rings. The zero-order valence-corrected chi connectivity index (χ0v) is 9.89. The Morgan fingerprint density at radius 2 is 2.07 bits per heavy atom. The molecular weight excluding hydrogens is 194 g/mol. The Labute approximate surface area is 92.1 Å². The van der Waals surface area contributed by atoms with Crippen LogP contribution in [0.15, 0.2) is 0 Å². The molecule has 2 rings (SSSR count). The van der Waals surface area contributed by atoms with Crippen molar-refractivity contribution in [1.82, 2.24) is 4.90 Å². The molecule has 2 nitrogen and oxygen atoms in total. The highest BCUT2D eigenvalue weighted by Gasteiger charge is 2.40. The summed E-state index contributed by atoms with van der Waals surface area (Å²) in [6, 6.07) is 0. The Morgan fingerprint density at radius 1 is 1.36 bits per heavy atom. The Hall–Kier alpha value is 0.270. The van der Waals surface area contributed by atoms with Gasteiger partial charge in [0.2, 0.25) is 0 Å². The fraction of sp³-hybridized carbons (Fsp3) is 1.00. The van der Waals surface area contributed by atoms with Gasteiger partial charge in [0.05, 0.1) is 5.60 Å². The molecule has 0 aromatic rings. The molecule has 1 aliphatic carbocycles. The number of nitrogens with zero attached hydrogens (tertiary/aromatic N) is 1. The van der Waals surface area contributed by atoms with E-state index in [0.717, 1.165) is 31.8 Å². The maximum Gasteiger partial charge on any atom is 0.0758 e. The van der Waals surface area contributed by atoms with Crippen molar-refractivity contribution in [1.29, 1.82) is 0 Å². The van der Waals surface area contributed by atoms with Crippen LogP contribution in [-0.2, 0) is 0 Å². The highest BCUT2D eigenvalue weighted by Crippen LogP contribution is 2.43. The van der Waals surface area contributed by atoms with E-state index in [1.54, 1.807) is 0 Å². The maximum atomic E-state index is 9.86. The lowest BCUT2D eigenvalue weighted by molar-refractivity contribution is 0.0506. The molecule has 3 heteroatoms. The van der Waals surface area contributed by atoms with Crippen LogP contribution in [0.5, 0.6) is 0 Å². The monoisotopic (exact) mass is 215 g/mol. The van der Waals surface area contributed by atoms with Gasteiger partial charge in [-0.2, -0.15) is 12.6 Å². The van der Waals surface area contributed by atoms with E-state index in [0.29, 0.717) is 5.41 Å². The molecule has 0 spiro atoms. The number of likely N-dealkylation sites (tertiary alicyclic amines) is 1. The Morgan fingerprint density at radius 3 is 2.43 bits per heavy atom. The zero-order chi connectivity index (χ0) is 10.2. The second-order valence-corrected chi connectivity index (χ2v) is 5.79. The first kappa shape index (κ1) is 10.8. The minimum Gasteiger partial charge on any atom is -0.389 e. The van der Waals surface area contributed by atoms with Crippen LogP contribution in [-0.4, -0.2) is 41.0 Å². The van der Waals surface area contributed by atoms with E-state index < -0.39 is 5.60 Å². The summed E-state index contributed by atoms with van der Waals surface area (Å²) in [5.41, 5.74) is 0.0328. The molecule has 14 heavy (non-hydrogen) atoms. The third-order valence-electron chi connectivity index (χ3n) is 3.84. The van der Waals surface area contributed by atoms with Gasteiger partial charge >= 0.3 is 0 Å². The molecule has 1 unspecified atom stereocenters. The molecule has 1 saturated heterocycles. The number of thiol groups is 1. The first-order valence-electron chi connectivity index (χ1n) is 5.61. The Kier molecular flexibility index (Phi) is 2.84. The molecule has 1 aliphatic heterocycles. The number of rotatable bonds is 3.